The van der Waals surface area contributed by atoms with Crippen molar-refractivity contribution in [1.29, 1.82) is 0 Å². The monoisotopic (exact) mass is 347 g/mol. The third-order valence-corrected chi connectivity index (χ3v) is 4.50. The molecular weight excluding hydrogens is 326 g/mol. The number of anilines is 1. The van der Waals surface area contributed by atoms with Crippen molar-refractivity contribution in [1.82, 2.24) is 0 Å². The lowest BCUT2D eigenvalue weighted by atomic mass is 10.1. The average Bonchev–Trinajstić information content (AvgIpc) is 2.46. The summed E-state index contributed by atoms with van der Waals surface area (Å²) in [5.74, 6) is 0.533. The molecule has 0 radical (unpaired) electrons. The van der Waals surface area contributed by atoms with Gasteiger partial charge in [-0.1, -0.05) is 0 Å². The molecule has 0 amide bonds. The van der Waals surface area contributed by atoms with E-state index in [0.29, 0.717) is 17.0 Å². The molecule has 0 aliphatic heterocycles. The Kier molecular flexibility index (Phi) is 4.99. The van der Waals surface area contributed by atoms with Gasteiger partial charge in [-0.2, -0.15) is 0 Å². The zero-order valence-electron chi connectivity index (χ0n) is 14.2. The Morgan fingerprint density at radius 2 is 1.50 bits per heavy atom. The summed E-state index contributed by atoms with van der Waals surface area (Å²) in [4.78, 5) is 11.4. The van der Waals surface area contributed by atoms with Gasteiger partial charge in [0.15, 0.2) is 5.78 Å². The lowest BCUT2D eigenvalue weighted by molar-refractivity contribution is 0.101. The van der Waals surface area contributed by atoms with Crippen LogP contribution in [0.1, 0.15) is 38.1 Å². The lowest BCUT2D eigenvalue weighted by Crippen LogP contribution is -2.23. The average molecular weight is 347 g/mol. The largest absolute Gasteiger partial charge is 0.488 e. The summed E-state index contributed by atoms with van der Waals surface area (Å²) in [5, 5.41) is 0. The minimum absolute atomic E-state index is 0.0705. The maximum absolute atomic E-state index is 12.4. The Morgan fingerprint density at radius 3 is 1.96 bits per heavy atom. The van der Waals surface area contributed by atoms with E-state index in [9.17, 15) is 13.2 Å². The minimum atomic E-state index is -3.70. The molecule has 0 fully saturated rings. The number of Topliss-reactive ketones (excluding diaryl/α,β-unsaturated/α-hetero) is 1. The third-order valence-electron chi connectivity index (χ3n) is 3.10. The molecule has 0 aromatic heterocycles. The van der Waals surface area contributed by atoms with Gasteiger partial charge in [0.2, 0.25) is 0 Å². The van der Waals surface area contributed by atoms with Crippen molar-refractivity contribution < 1.29 is 17.9 Å². The highest BCUT2D eigenvalue weighted by atomic mass is 32.2. The molecule has 5 nitrogen and oxygen atoms in total. The van der Waals surface area contributed by atoms with Crippen LogP contribution in [0, 0.1) is 0 Å². The van der Waals surface area contributed by atoms with Gasteiger partial charge >= 0.3 is 0 Å². The molecule has 0 heterocycles. The Hall–Kier alpha value is -2.34. The summed E-state index contributed by atoms with van der Waals surface area (Å²) in [6.07, 6.45) is 0. The van der Waals surface area contributed by atoms with Gasteiger partial charge in [0.05, 0.1) is 4.90 Å². The molecule has 2 rings (SSSR count). The fourth-order valence-corrected chi connectivity index (χ4v) is 3.09. The highest BCUT2D eigenvalue weighted by Crippen LogP contribution is 2.22. The van der Waals surface area contributed by atoms with Gasteiger partial charge < -0.3 is 4.74 Å². The fourth-order valence-electron chi connectivity index (χ4n) is 2.03. The van der Waals surface area contributed by atoms with E-state index in [0.717, 1.165) is 0 Å². The van der Waals surface area contributed by atoms with Crippen molar-refractivity contribution in [2.24, 2.45) is 0 Å². The molecule has 6 heteroatoms. The highest BCUT2D eigenvalue weighted by Gasteiger charge is 2.16. The number of ketones is 1. The molecule has 128 valence electrons. The molecule has 24 heavy (non-hydrogen) atoms. The summed E-state index contributed by atoms with van der Waals surface area (Å²) in [5.41, 5.74) is 0.577. The van der Waals surface area contributed by atoms with E-state index in [-0.39, 0.29) is 16.3 Å². The van der Waals surface area contributed by atoms with Crippen LogP contribution in [0.2, 0.25) is 0 Å². The molecule has 0 aliphatic carbocycles. The highest BCUT2D eigenvalue weighted by molar-refractivity contribution is 7.92. The lowest BCUT2D eigenvalue weighted by Gasteiger charge is -2.21. The van der Waals surface area contributed by atoms with Gasteiger partial charge in [0.1, 0.15) is 11.4 Å². The van der Waals surface area contributed by atoms with Crippen LogP contribution < -0.4 is 9.46 Å². The molecule has 2 aromatic carbocycles. The second-order valence-corrected chi connectivity index (χ2v) is 8.11. The molecule has 0 spiro atoms. The van der Waals surface area contributed by atoms with Crippen LogP contribution in [0.25, 0.3) is 0 Å². The Bertz CT molecular complexity index is 817. The van der Waals surface area contributed by atoms with Crippen molar-refractivity contribution in [3.05, 3.63) is 54.1 Å². The SMILES string of the molecule is CC(=O)c1ccc(NS(=O)(=O)c2ccc(OC(C)(C)C)cc2)cc1. The first kappa shape index (κ1) is 18.0. The standard InChI is InChI=1S/C18H21NO4S/c1-13(20)14-5-7-15(8-6-14)19-24(21,22)17-11-9-16(10-12-17)23-18(2,3)4/h5-12,19H,1-4H3. The summed E-state index contributed by atoms with van der Waals surface area (Å²) >= 11 is 0. The molecule has 2 aromatic rings. The number of hydrogen-bond acceptors (Lipinski definition) is 4. The number of rotatable bonds is 5. The van der Waals surface area contributed by atoms with Crippen molar-refractivity contribution >= 4 is 21.5 Å². The van der Waals surface area contributed by atoms with Crippen LogP contribution in [0.4, 0.5) is 5.69 Å². The number of ether oxygens (including phenoxy) is 1. The topological polar surface area (TPSA) is 72.5 Å². The molecule has 0 saturated carbocycles. The number of hydrogen-bond donors (Lipinski definition) is 1. The molecule has 0 atom stereocenters. The third kappa shape index (κ3) is 4.83. The Balaban J connectivity index is 2.16. The number of sulfonamides is 1. The van der Waals surface area contributed by atoms with Crippen LogP contribution >= 0.6 is 0 Å². The second-order valence-electron chi connectivity index (χ2n) is 6.42. The second kappa shape index (κ2) is 6.65. The summed E-state index contributed by atoms with van der Waals surface area (Å²) < 4.78 is 33.0. The Labute approximate surface area is 142 Å². The van der Waals surface area contributed by atoms with Gasteiger partial charge in [-0.25, -0.2) is 8.42 Å². The summed E-state index contributed by atoms with van der Waals surface area (Å²) in [6, 6.07) is 12.5. The molecule has 0 aliphatic rings. The molecule has 0 bridgehead atoms. The Morgan fingerprint density at radius 1 is 0.958 bits per heavy atom. The van der Waals surface area contributed by atoms with E-state index in [1.165, 1.54) is 19.1 Å². The van der Waals surface area contributed by atoms with Crippen LogP contribution in [0.5, 0.6) is 5.75 Å². The minimum Gasteiger partial charge on any atom is -0.488 e. The van der Waals surface area contributed by atoms with E-state index in [1.54, 1.807) is 36.4 Å². The summed E-state index contributed by atoms with van der Waals surface area (Å²) in [6.45, 7) is 7.22. The van der Waals surface area contributed by atoms with E-state index < -0.39 is 10.0 Å². The van der Waals surface area contributed by atoms with Crippen molar-refractivity contribution in [2.45, 2.75) is 38.2 Å². The first-order valence-corrected chi connectivity index (χ1v) is 8.98. The van der Waals surface area contributed by atoms with Crippen molar-refractivity contribution in [3.63, 3.8) is 0 Å². The van der Waals surface area contributed by atoms with Crippen molar-refractivity contribution in [3.8, 4) is 5.75 Å². The smallest absolute Gasteiger partial charge is 0.261 e. The predicted molar refractivity (Wildman–Crippen MR) is 94.1 cm³/mol. The van der Waals surface area contributed by atoms with Gasteiger partial charge in [-0.05, 0) is 76.2 Å². The van der Waals surface area contributed by atoms with E-state index in [1.807, 2.05) is 20.8 Å². The molecule has 1 N–H and O–H groups in total. The van der Waals surface area contributed by atoms with E-state index >= 15 is 0 Å². The zero-order valence-corrected chi connectivity index (χ0v) is 15.0. The van der Waals surface area contributed by atoms with Gasteiger partial charge in [0, 0.05) is 11.3 Å². The molecule has 0 saturated heterocycles. The van der Waals surface area contributed by atoms with Crippen LogP contribution in [-0.2, 0) is 10.0 Å². The number of carbonyl (C=O) groups is 1. The number of carbonyl (C=O) groups excluding carboxylic acids is 1. The number of benzene rings is 2. The predicted octanol–water partition coefficient (Wildman–Crippen LogP) is 3.87. The van der Waals surface area contributed by atoms with Crippen LogP contribution in [0.3, 0.4) is 0 Å². The fraction of sp³-hybridized carbons (Fsp3) is 0.278. The first-order valence-electron chi connectivity index (χ1n) is 7.50. The number of nitrogens with one attached hydrogen (secondary N) is 1. The zero-order chi connectivity index (χ0) is 18.0. The summed E-state index contributed by atoms with van der Waals surface area (Å²) in [7, 11) is -3.70. The quantitative estimate of drug-likeness (QED) is 0.834. The van der Waals surface area contributed by atoms with Gasteiger partial charge in [-0.3, -0.25) is 9.52 Å². The molecule has 0 unspecified atom stereocenters. The maximum Gasteiger partial charge on any atom is 0.261 e. The van der Waals surface area contributed by atoms with Crippen LogP contribution in [0.15, 0.2) is 53.4 Å². The van der Waals surface area contributed by atoms with Crippen LogP contribution in [-0.4, -0.2) is 19.8 Å². The van der Waals surface area contributed by atoms with E-state index in [2.05, 4.69) is 4.72 Å². The maximum atomic E-state index is 12.4. The van der Waals surface area contributed by atoms with Gasteiger partial charge in [0.25, 0.3) is 10.0 Å². The first-order chi connectivity index (χ1) is 11.1. The van der Waals surface area contributed by atoms with E-state index in [4.69, 9.17) is 4.74 Å². The molecular formula is C18H21NO4S. The van der Waals surface area contributed by atoms with Gasteiger partial charge in [-0.15, -0.1) is 0 Å². The normalized spacial score (nSPS) is 11.8. The van der Waals surface area contributed by atoms with Crippen molar-refractivity contribution in [2.75, 3.05) is 4.72 Å².